The van der Waals surface area contributed by atoms with Gasteiger partial charge in [0.25, 0.3) is 15.9 Å². The maximum Gasteiger partial charge on any atom is 0.411 e. The molecule has 6 rings (SSSR count). The predicted molar refractivity (Wildman–Crippen MR) is 182 cm³/mol. The van der Waals surface area contributed by atoms with E-state index in [-0.39, 0.29) is 45.4 Å². The first-order valence-electron chi connectivity index (χ1n) is 16.5. The molecule has 0 bridgehead atoms. The number of piperidine rings is 1. The zero-order valence-electron chi connectivity index (χ0n) is 28.2. The minimum Gasteiger partial charge on any atom is -0.495 e. The largest absolute Gasteiger partial charge is 0.495 e. The van der Waals surface area contributed by atoms with Gasteiger partial charge in [-0.1, -0.05) is 24.3 Å². The number of methoxy groups -OCH3 is 1. The first-order valence-corrected chi connectivity index (χ1v) is 17.9. The van der Waals surface area contributed by atoms with Gasteiger partial charge in [0.15, 0.2) is 0 Å². The quantitative estimate of drug-likeness (QED) is 0.341. The number of carbonyl (C=O) groups excluding carboxylic acids is 2. The van der Waals surface area contributed by atoms with Crippen molar-refractivity contribution in [2.24, 2.45) is 0 Å². The molecule has 3 heterocycles. The summed E-state index contributed by atoms with van der Waals surface area (Å²) in [5, 5.41) is 9.91. The maximum absolute atomic E-state index is 15.1. The van der Waals surface area contributed by atoms with Gasteiger partial charge in [0.05, 0.1) is 36.6 Å². The highest BCUT2D eigenvalue weighted by atomic mass is 32.2. The van der Waals surface area contributed by atoms with E-state index >= 15 is 4.79 Å². The lowest BCUT2D eigenvalue weighted by atomic mass is 9.85. The number of amides is 2. The zero-order valence-corrected chi connectivity index (χ0v) is 29.0. The van der Waals surface area contributed by atoms with Crippen LogP contribution in [0.25, 0.3) is 0 Å². The van der Waals surface area contributed by atoms with Crippen molar-refractivity contribution < 1.29 is 32.2 Å². The van der Waals surface area contributed by atoms with Crippen LogP contribution in [0.1, 0.15) is 42.0 Å². The van der Waals surface area contributed by atoms with Crippen LogP contribution in [-0.2, 0) is 25.2 Å². The first kappa shape index (κ1) is 34.2. The molecule has 0 aromatic heterocycles. The van der Waals surface area contributed by atoms with Crippen molar-refractivity contribution in [2.75, 3.05) is 64.3 Å². The van der Waals surface area contributed by atoms with Crippen molar-refractivity contribution >= 4 is 27.7 Å². The van der Waals surface area contributed by atoms with E-state index < -0.39 is 27.6 Å². The summed E-state index contributed by atoms with van der Waals surface area (Å²) in [6.45, 7) is 7.86. The number of rotatable bonds is 8. The molecule has 12 nitrogen and oxygen atoms in total. The molecule has 2 saturated heterocycles. The van der Waals surface area contributed by atoms with E-state index in [1.54, 1.807) is 55.1 Å². The molecule has 0 saturated carbocycles. The third-order valence-corrected chi connectivity index (χ3v) is 11.4. The maximum atomic E-state index is 15.1. The van der Waals surface area contributed by atoms with E-state index in [2.05, 4.69) is 22.9 Å². The van der Waals surface area contributed by atoms with Crippen LogP contribution in [0.4, 0.5) is 10.5 Å². The lowest BCUT2D eigenvalue weighted by Crippen LogP contribution is -2.55. The van der Waals surface area contributed by atoms with Crippen molar-refractivity contribution in [3.8, 4) is 17.6 Å². The van der Waals surface area contributed by atoms with Gasteiger partial charge in [-0.2, -0.15) is 9.57 Å². The molecule has 0 N–H and O–H groups in total. The summed E-state index contributed by atoms with van der Waals surface area (Å²) in [7, 11) is -1.18. The monoisotopic (exact) mass is 687 g/mol. The molecule has 3 aromatic rings. The summed E-state index contributed by atoms with van der Waals surface area (Å²) in [5.74, 6) is -0.751. The zero-order chi connectivity index (χ0) is 34.9. The molecule has 3 aliphatic heterocycles. The number of piperazine rings is 1. The molecule has 0 radical (unpaired) electrons. The smallest absolute Gasteiger partial charge is 0.411 e. The number of nitrogens with zero attached hydrogens (tertiary/aromatic N) is 5. The number of likely N-dealkylation sites (tertiary alicyclic amines) is 1. The molecule has 49 heavy (non-hydrogen) atoms. The Labute approximate surface area is 287 Å². The Morgan fingerprint density at radius 1 is 0.959 bits per heavy atom. The minimum absolute atomic E-state index is 0.0386. The molecule has 3 aliphatic rings. The Balaban J connectivity index is 1.45. The number of hydrogen-bond acceptors (Lipinski definition) is 10. The van der Waals surface area contributed by atoms with E-state index in [1.165, 1.54) is 31.4 Å². The number of benzene rings is 3. The van der Waals surface area contributed by atoms with Gasteiger partial charge in [0.1, 0.15) is 16.4 Å². The van der Waals surface area contributed by atoms with Gasteiger partial charge in [0, 0.05) is 37.8 Å². The highest BCUT2D eigenvalue weighted by molar-refractivity contribution is 7.93. The van der Waals surface area contributed by atoms with E-state index in [4.69, 9.17) is 14.2 Å². The highest BCUT2D eigenvalue weighted by Crippen LogP contribution is 2.52. The van der Waals surface area contributed by atoms with Crippen LogP contribution >= 0.6 is 0 Å². The number of ether oxygens (including phenoxy) is 3. The molecule has 1 atom stereocenters. The molecule has 258 valence electrons. The summed E-state index contributed by atoms with van der Waals surface area (Å²) < 4.78 is 47.5. The second-order valence-electron chi connectivity index (χ2n) is 12.6. The third-order valence-electron chi connectivity index (χ3n) is 9.63. The number of anilines is 1. The molecule has 2 amide bonds. The van der Waals surface area contributed by atoms with E-state index in [0.29, 0.717) is 36.5 Å². The number of hydrogen-bond donors (Lipinski definition) is 0. The highest BCUT2D eigenvalue weighted by Gasteiger charge is 2.61. The molecule has 0 spiro atoms. The number of nitriles is 1. The van der Waals surface area contributed by atoms with Gasteiger partial charge in [-0.25, -0.2) is 13.2 Å². The number of sulfonamides is 1. The predicted octanol–water partition coefficient (Wildman–Crippen LogP) is 4.10. The summed E-state index contributed by atoms with van der Waals surface area (Å²) >= 11 is 0. The SMILES string of the molecule is CCOc1ccccc1C1(OC(=O)N2CCN(C3CCN(C)CC3)CC2)C(=O)N(S(=O)(=O)c2ccc(C)cc2OC)c2ccc(C#N)cc21. The number of aryl methyl sites for hydroxylation is 1. The fourth-order valence-electron chi connectivity index (χ4n) is 7.04. The second kappa shape index (κ2) is 13.7. The Morgan fingerprint density at radius 3 is 2.35 bits per heavy atom. The van der Waals surface area contributed by atoms with Gasteiger partial charge >= 0.3 is 6.09 Å². The van der Waals surface area contributed by atoms with E-state index in [9.17, 15) is 18.5 Å². The standard InChI is InChI=1S/C36H41N5O7S/c1-5-47-31-9-7-6-8-28(31)36(48-35(43)40-20-18-39(19-21-40)27-14-16-38(3)17-15-27)29-23-26(24-37)11-12-30(29)41(34(36)42)49(44,45)33-13-10-25(2)22-32(33)46-4/h6-13,22-23,27H,5,14-21H2,1-4H3. The van der Waals surface area contributed by atoms with Crippen LogP contribution in [0, 0.1) is 18.3 Å². The van der Waals surface area contributed by atoms with Crippen molar-refractivity contribution in [3.63, 3.8) is 0 Å². The topological polar surface area (TPSA) is 133 Å². The molecular formula is C36H41N5O7S. The number of carbonyl (C=O) groups is 2. The van der Waals surface area contributed by atoms with E-state index in [1.807, 2.05) is 0 Å². The minimum atomic E-state index is -4.65. The van der Waals surface area contributed by atoms with Crippen molar-refractivity contribution in [1.29, 1.82) is 5.26 Å². The molecule has 1 unspecified atom stereocenters. The molecule has 3 aromatic carbocycles. The van der Waals surface area contributed by atoms with Gasteiger partial charge in [0.2, 0.25) is 5.60 Å². The average molecular weight is 688 g/mol. The lowest BCUT2D eigenvalue weighted by molar-refractivity contribution is -0.132. The van der Waals surface area contributed by atoms with Crippen molar-refractivity contribution in [1.82, 2.24) is 14.7 Å². The van der Waals surface area contributed by atoms with Gasteiger partial charge < -0.3 is 24.0 Å². The normalized spacial score (nSPS) is 20.5. The van der Waals surface area contributed by atoms with Crippen LogP contribution < -0.4 is 13.8 Å². The lowest BCUT2D eigenvalue weighted by Gasteiger charge is -2.42. The average Bonchev–Trinajstić information content (AvgIpc) is 3.36. The summed E-state index contributed by atoms with van der Waals surface area (Å²) in [5.41, 5.74) is -1.26. The Bertz CT molecular complexity index is 1900. The Hall–Kier alpha value is -4.64. The van der Waals surface area contributed by atoms with Gasteiger partial charge in [-0.15, -0.1) is 0 Å². The van der Waals surface area contributed by atoms with Crippen LogP contribution in [0.3, 0.4) is 0 Å². The molecule has 13 heteroatoms. The molecule has 0 aliphatic carbocycles. The molecular weight excluding hydrogens is 646 g/mol. The Kier molecular flexibility index (Phi) is 9.57. The second-order valence-corrected chi connectivity index (χ2v) is 14.4. The van der Waals surface area contributed by atoms with Crippen molar-refractivity contribution in [2.45, 2.75) is 43.2 Å². The van der Waals surface area contributed by atoms with Crippen molar-refractivity contribution in [3.05, 3.63) is 82.9 Å². The summed E-state index contributed by atoms with van der Waals surface area (Å²) in [6, 6.07) is 17.9. The van der Waals surface area contributed by atoms with Crippen LogP contribution in [0.5, 0.6) is 11.5 Å². The molecule has 2 fully saturated rings. The number of fused-ring (bicyclic) bond motifs is 1. The summed E-state index contributed by atoms with van der Waals surface area (Å²) in [4.78, 5) is 35.4. The first-order chi connectivity index (χ1) is 23.5. The van der Waals surface area contributed by atoms with Gasteiger partial charge in [-0.05, 0) is 88.8 Å². The summed E-state index contributed by atoms with van der Waals surface area (Å²) in [6.07, 6.45) is 1.34. The van der Waals surface area contributed by atoms with Crippen LogP contribution in [0.2, 0.25) is 0 Å². The fourth-order valence-corrected chi connectivity index (χ4v) is 8.63. The van der Waals surface area contributed by atoms with Crippen LogP contribution in [0.15, 0.2) is 65.6 Å². The number of para-hydroxylation sites is 1. The third kappa shape index (κ3) is 6.09. The van der Waals surface area contributed by atoms with E-state index in [0.717, 1.165) is 31.5 Å². The van der Waals surface area contributed by atoms with Crippen LogP contribution in [-0.4, -0.2) is 101 Å². The Morgan fingerprint density at radius 2 is 1.67 bits per heavy atom. The van der Waals surface area contributed by atoms with Gasteiger partial charge in [-0.3, -0.25) is 9.69 Å². The fraction of sp³-hybridized carbons (Fsp3) is 0.417.